The Labute approximate surface area is 250 Å². The van der Waals surface area contributed by atoms with E-state index in [1.165, 1.54) is 43.4 Å². The van der Waals surface area contributed by atoms with E-state index in [9.17, 15) is 31.2 Å². The van der Waals surface area contributed by atoms with Crippen molar-refractivity contribution < 1.29 is 31.2 Å². The highest BCUT2D eigenvalue weighted by atomic mass is 35.5. The first kappa shape index (κ1) is 32.5. The topological polar surface area (TPSA) is 86.8 Å². The summed E-state index contributed by atoms with van der Waals surface area (Å²) in [7, 11) is -3.19. The van der Waals surface area contributed by atoms with Gasteiger partial charge >= 0.3 is 6.18 Å². The van der Waals surface area contributed by atoms with Crippen LogP contribution in [0.1, 0.15) is 24.5 Å². The summed E-state index contributed by atoms with van der Waals surface area (Å²) in [5.41, 5.74) is -1.31. The number of hydrogen-bond donors (Lipinski definition) is 1. The molecule has 0 unspecified atom stereocenters. The molecule has 41 heavy (non-hydrogen) atoms. The van der Waals surface area contributed by atoms with Gasteiger partial charge in [-0.2, -0.15) is 13.2 Å². The second-order valence-corrected chi connectivity index (χ2v) is 11.9. The van der Waals surface area contributed by atoms with Crippen molar-refractivity contribution in [1.82, 2.24) is 10.2 Å². The minimum absolute atomic E-state index is 0.140. The van der Waals surface area contributed by atoms with E-state index in [2.05, 4.69) is 5.32 Å². The molecule has 0 heterocycles. The van der Waals surface area contributed by atoms with Crippen LogP contribution in [0.15, 0.2) is 71.6 Å². The van der Waals surface area contributed by atoms with Gasteiger partial charge < -0.3 is 10.2 Å². The van der Waals surface area contributed by atoms with Gasteiger partial charge in [0.15, 0.2) is 0 Å². The predicted molar refractivity (Wildman–Crippen MR) is 153 cm³/mol. The highest BCUT2D eigenvalue weighted by molar-refractivity contribution is 7.92. The molecule has 0 radical (unpaired) electrons. The third kappa shape index (κ3) is 7.65. The van der Waals surface area contributed by atoms with Crippen LogP contribution in [0.5, 0.6) is 0 Å². The number of nitrogens with zero attached hydrogens (tertiary/aromatic N) is 2. The fraction of sp³-hybridized carbons (Fsp3) is 0.259. The molecule has 0 aromatic heterocycles. The summed E-state index contributed by atoms with van der Waals surface area (Å²) in [5.74, 6) is -1.40. The van der Waals surface area contributed by atoms with Gasteiger partial charge in [-0.25, -0.2) is 8.42 Å². The molecule has 0 spiro atoms. The molecule has 3 rings (SSSR count). The molecular weight excluding hydrogens is 626 g/mol. The zero-order valence-electron chi connectivity index (χ0n) is 21.8. The second-order valence-electron chi connectivity index (χ2n) is 8.78. The fourth-order valence-corrected chi connectivity index (χ4v) is 6.17. The van der Waals surface area contributed by atoms with E-state index in [0.717, 1.165) is 17.0 Å². The van der Waals surface area contributed by atoms with E-state index >= 15 is 0 Å². The van der Waals surface area contributed by atoms with E-state index in [1.54, 1.807) is 19.1 Å². The third-order valence-corrected chi connectivity index (χ3v) is 8.85. The molecule has 0 fully saturated rings. The lowest BCUT2D eigenvalue weighted by Gasteiger charge is -2.33. The number of nitrogens with one attached hydrogen (secondary N) is 1. The summed E-state index contributed by atoms with van der Waals surface area (Å²) < 4.78 is 69.1. The summed E-state index contributed by atoms with van der Waals surface area (Å²) in [4.78, 5) is 27.5. The van der Waals surface area contributed by atoms with Gasteiger partial charge in [-0.1, -0.05) is 66.0 Å². The summed E-state index contributed by atoms with van der Waals surface area (Å²) in [5, 5.41) is 2.36. The largest absolute Gasteiger partial charge is 0.417 e. The van der Waals surface area contributed by atoms with Gasteiger partial charge in [-0.15, -0.1) is 0 Å². The van der Waals surface area contributed by atoms with Crippen molar-refractivity contribution in [3.63, 3.8) is 0 Å². The molecule has 3 aromatic rings. The number of hydrogen-bond acceptors (Lipinski definition) is 4. The van der Waals surface area contributed by atoms with E-state index in [1.807, 2.05) is 0 Å². The predicted octanol–water partition coefficient (Wildman–Crippen LogP) is 6.41. The molecule has 0 aliphatic heterocycles. The van der Waals surface area contributed by atoms with Crippen LogP contribution in [0, 0.1) is 0 Å². The molecule has 0 aliphatic carbocycles. The number of likely N-dealkylation sites (N-methyl/N-ethyl adjacent to an activating group) is 1. The maximum atomic E-state index is 13.9. The molecule has 14 heteroatoms. The van der Waals surface area contributed by atoms with Gasteiger partial charge in [-0.05, 0) is 54.4 Å². The zero-order valence-corrected chi connectivity index (χ0v) is 24.8. The maximum Gasteiger partial charge on any atom is 0.417 e. The van der Waals surface area contributed by atoms with E-state index < -0.39 is 56.9 Å². The first-order valence-corrected chi connectivity index (χ1v) is 14.7. The molecule has 2 amide bonds. The number of amides is 2. The van der Waals surface area contributed by atoms with Crippen LogP contribution in [0.2, 0.25) is 15.1 Å². The Morgan fingerprint density at radius 1 is 0.951 bits per heavy atom. The first-order chi connectivity index (χ1) is 19.2. The average molecular weight is 651 g/mol. The molecular formula is C27H25Cl3F3N3O4S. The smallest absolute Gasteiger partial charge is 0.357 e. The summed E-state index contributed by atoms with van der Waals surface area (Å²) in [6.45, 7) is 0.500. The molecule has 0 saturated heterocycles. The Bertz CT molecular complexity index is 1520. The highest BCUT2D eigenvalue weighted by Crippen LogP contribution is 2.38. The lowest BCUT2D eigenvalue weighted by molar-refractivity contribution is -0.140. The Balaban J connectivity index is 2.15. The van der Waals surface area contributed by atoms with Crippen molar-refractivity contribution in [3.8, 4) is 0 Å². The van der Waals surface area contributed by atoms with Crippen LogP contribution in [0.3, 0.4) is 0 Å². The van der Waals surface area contributed by atoms with Gasteiger partial charge in [0, 0.05) is 23.6 Å². The first-order valence-electron chi connectivity index (χ1n) is 12.1. The van der Waals surface area contributed by atoms with Gasteiger partial charge in [0.1, 0.15) is 12.6 Å². The summed E-state index contributed by atoms with van der Waals surface area (Å²) >= 11 is 18.1. The molecule has 0 aliphatic rings. The lowest BCUT2D eigenvalue weighted by atomic mass is 10.1. The normalized spacial score (nSPS) is 12.5. The van der Waals surface area contributed by atoms with Crippen molar-refractivity contribution in [2.75, 3.05) is 17.9 Å². The Morgan fingerprint density at radius 2 is 1.61 bits per heavy atom. The SMILES string of the molecule is CC[C@H](C(=O)NC)N(Cc1ccc(Cl)cc1Cl)C(=O)CN(c1ccc(Cl)c(C(F)(F)F)c1)S(=O)(=O)c1ccccc1. The molecule has 3 aromatic carbocycles. The van der Waals surface area contributed by atoms with Crippen molar-refractivity contribution in [2.45, 2.75) is 37.0 Å². The van der Waals surface area contributed by atoms with Gasteiger partial charge in [0.25, 0.3) is 10.0 Å². The Hall–Kier alpha value is -2.99. The maximum absolute atomic E-state index is 13.9. The van der Waals surface area contributed by atoms with Crippen LogP contribution < -0.4 is 9.62 Å². The number of rotatable bonds is 10. The molecule has 0 bridgehead atoms. The standard InChI is InChI=1S/C27H25Cl3F3N3O4S/c1-3-24(26(38)34-2)35(15-17-9-10-18(28)13-23(17)30)25(37)16-36(41(39,40)20-7-5-4-6-8-20)19-11-12-22(29)21(14-19)27(31,32)33/h4-14,24H,3,15-16H2,1-2H3,(H,34,38)/t24-/m1/s1. The Morgan fingerprint density at radius 3 is 2.17 bits per heavy atom. The van der Waals surface area contributed by atoms with Gasteiger partial charge in [-0.3, -0.25) is 13.9 Å². The number of sulfonamides is 1. The van der Waals surface area contributed by atoms with Crippen LogP contribution >= 0.6 is 34.8 Å². The number of anilines is 1. The Kier molecular flexibility index (Phi) is 10.6. The van der Waals surface area contributed by atoms with E-state index in [-0.39, 0.29) is 22.9 Å². The lowest BCUT2D eigenvalue weighted by Crippen LogP contribution is -2.51. The quantitative estimate of drug-likeness (QED) is 0.275. The number of carbonyl (C=O) groups is 2. The molecule has 0 saturated carbocycles. The van der Waals surface area contributed by atoms with Crippen LogP contribution in [-0.2, 0) is 32.3 Å². The van der Waals surface area contributed by atoms with Crippen LogP contribution in [-0.4, -0.2) is 44.8 Å². The third-order valence-electron chi connectivity index (χ3n) is 6.14. The number of benzene rings is 3. The minimum atomic E-state index is -4.90. The summed E-state index contributed by atoms with van der Waals surface area (Å²) in [6.07, 6.45) is -4.76. The van der Waals surface area contributed by atoms with Crippen molar-refractivity contribution in [1.29, 1.82) is 0 Å². The molecule has 220 valence electrons. The van der Waals surface area contributed by atoms with E-state index in [4.69, 9.17) is 34.8 Å². The monoisotopic (exact) mass is 649 g/mol. The van der Waals surface area contributed by atoms with Gasteiger partial charge in [0.05, 0.1) is 21.2 Å². The van der Waals surface area contributed by atoms with Crippen LogP contribution in [0.25, 0.3) is 0 Å². The van der Waals surface area contributed by atoms with Crippen molar-refractivity contribution in [3.05, 3.63) is 92.9 Å². The fourth-order valence-electron chi connectivity index (χ4n) is 4.05. The number of alkyl halides is 3. The molecule has 7 nitrogen and oxygen atoms in total. The van der Waals surface area contributed by atoms with Crippen molar-refractivity contribution >= 4 is 62.3 Å². The highest BCUT2D eigenvalue weighted by Gasteiger charge is 2.37. The molecule has 1 atom stereocenters. The number of halogens is 6. The van der Waals surface area contributed by atoms with E-state index in [0.29, 0.717) is 21.0 Å². The molecule has 1 N–H and O–H groups in total. The van der Waals surface area contributed by atoms with Crippen molar-refractivity contribution in [2.24, 2.45) is 0 Å². The average Bonchev–Trinajstić information content (AvgIpc) is 2.92. The number of carbonyl (C=O) groups excluding carboxylic acids is 2. The zero-order chi connectivity index (χ0) is 30.5. The second kappa shape index (κ2) is 13.3. The summed E-state index contributed by atoms with van der Waals surface area (Å²) in [6, 6.07) is 12.9. The van der Waals surface area contributed by atoms with Crippen LogP contribution in [0.4, 0.5) is 18.9 Å². The van der Waals surface area contributed by atoms with Gasteiger partial charge in [0.2, 0.25) is 11.8 Å². The minimum Gasteiger partial charge on any atom is -0.357 e.